The van der Waals surface area contributed by atoms with Gasteiger partial charge in [0.05, 0.1) is 11.9 Å². The second-order valence-electron chi connectivity index (χ2n) is 5.15. The summed E-state index contributed by atoms with van der Waals surface area (Å²) in [7, 11) is 0. The highest BCUT2D eigenvalue weighted by atomic mass is 35.5. The highest BCUT2D eigenvalue weighted by molar-refractivity contribution is 7.98. The maximum Gasteiger partial charge on any atom is 0.289 e. The molecule has 0 bridgehead atoms. The predicted octanol–water partition coefficient (Wildman–Crippen LogP) is 4.22. The van der Waals surface area contributed by atoms with Crippen molar-refractivity contribution in [2.24, 2.45) is 5.10 Å². The monoisotopic (exact) mass is 370 g/mol. The zero-order valence-corrected chi connectivity index (χ0v) is 14.9. The minimum atomic E-state index is -0.357. The summed E-state index contributed by atoms with van der Waals surface area (Å²) in [5, 5.41) is 11.5. The molecule has 2 aromatic carbocycles. The van der Waals surface area contributed by atoms with Crippen LogP contribution in [-0.2, 0) is 0 Å². The first kappa shape index (κ1) is 17.3. The lowest BCUT2D eigenvalue weighted by atomic mass is 10.1. The number of halogens is 1. The molecule has 2 N–H and O–H groups in total. The van der Waals surface area contributed by atoms with E-state index in [-0.39, 0.29) is 5.91 Å². The molecule has 0 saturated heterocycles. The maximum absolute atomic E-state index is 12.1. The second-order valence-corrected chi connectivity index (χ2v) is 6.46. The van der Waals surface area contributed by atoms with E-state index in [1.54, 1.807) is 36.2 Å². The molecule has 1 amide bonds. The zero-order chi connectivity index (χ0) is 17.6. The smallest absolute Gasteiger partial charge is 0.272 e. The maximum atomic E-state index is 12.1. The lowest BCUT2D eigenvalue weighted by Gasteiger charge is -1.98. The Labute approximate surface area is 154 Å². The SMILES string of the molecule is CSc1ccc(/C=N\NC(=O)c2cc(-c3ccc(Cl)cc3)n[nH]2)cc1. The third-order valence-electron chi connectivity index (χ3n) is 3.46. The number of nitrogens with zero attached hydrogens (tertiary/aromatic N) is 2. The molecular weight excluding hydrogens is 356 g/mol. The molecule has 0 aliphatic carbocycles. The second kappa shape index (κ2) is 8.00. The molecule has 0 aliphatic heterocycles. The number of hydrogen-bond donors (Lipinski definition) is 2. The molecule has 0 atom stereocenters. The van der Waals surface area contributed by atoms with Crippen molar-refractivity contribution < 1.29 is 4.79 Å². The van der Waals surface area contributed by atoms with Crippen LogP contribution in [0.3, 0.4) is 0 Å². The number of nitrogens with one attached hydrogen (secondary N) is 2. The third-order valence-corrected chi connectivity index (χ3v) is 4.45. The van der Waals surface area contributed by atoms with Gasteiger partial charge in [0.2, 0.25) is 0 Å². The number of benzene rings is 2. The third kappa shape index (κ3) is 4.49. The molecule has 3 rings (SSSR count). The molecular formula is C18H15ClN4OS. The average molecular weight is 371 g/mol. The molecule has 126 valence electrons. The Morgan fingerprint density at radius 1 is 1.20 bits per heavy atom. The fourth-order valence-electron chi connectivity index (χ4n) is 2.12. The van der Waals surface area contributed by atoms with Crippen molar-refractivity contribution in [3.8, 4) is 11.3 Å². The van der Waals surface area contributed by atoms with Gasteiger partial charge in [0.1, 0.15) is 5.69 Å². The molecule has 25 heavy (non-hydrogen) atoms. The van der Waals surface area contributed by atoms with E-state index in [1.165, 1.54) is 4.90 Å². The zero-order valence-electron chi connectivity index (χ0n) is 13.4. The number of thioether (sulfide) groups is 1. The van der Waals surface area contributed by atoms with E-state index >= 15 is 0 Å². The van der Waals surface area contributed by atoms with Crippen LogP contribution in [0.25, 0.3) is 11.3 Å². The molecule has 0 radical (unpaired) electrons. The summed E-state index contributed by atoms with van der Waals surface area (Å²) in [5.74, 6) is -0.357. The summed E-state index contributed by atoms with van der Waals surface area (Å²) in [5.41, 5.74) is 5.26. The summed E-state index contributed by atoms with van der Waals surface area (Å²) >= 11 is 7.54. The van der Waals surface area contributed by atoms with Crippen LogP contribution in [0, 0.1) is 0 Å². The number of amides is 1. The molecule has 5 nitrogen and oxygen atoms in total. The topological polar surface area (TPSA) is 70.1 Å². The Balaban J connectivity index is 1.63. The molecule has 0 spiro atoms. The molecule has 3 aromatic rings. The predicted molar refractivity (Wildman–Crippen MR) is 102 cm³/mol. The Kier molecular flexibility index (Phi) is 5.53. The van der Waals surface area contributed by atoms with Gasteiger partial charge in [0, 0.05) is 15.5 Å². The van der Waals surface area contributed by atoms with Crippen molar-refractivity contribution in [1.82, 2.24) is 15.6 Å². The van der Waals surface area contributed by atoms with Crippen LogP contribution in [0.2, 0.25) is 5.02 Å². The van der Waals surface area contributed by atoms with E-state index in [0.29, 0.717) is 16.4 Å². The summed E-state index contributed by atoms with van der Waals surface area (Å²) < 4.78 is 0. The van der Waals surface area contributed by atoms with Gasteiger partial charge in [0.15, 0.2) is 0 Å². The molecule has 0 saturated carbocycles. The van der Waals surface area contributed by atoms with Crippen LogP contribution in [-0.4, -0.2) is 28.6 Å². The molecule has 7 heteroatoms. The molecule has 0 aliphatic rings. The molecule has 0 unspecified atom stereocenters. The van der Waals surface area contributed by atoms with Crippen LogP contribution >= 0.6 is 23.4 Å². The quantitative estimate of drug-likeness (QED) is 0.401. The number of H-pyrrole nitrogens is 1. The Morgan fingerprint density at radius 2 is 1.92 bits per heavy atom. The Hall–Kier alpha value is -2.57. The number of aromatic amines is 1. The van der Waals surface area contributed by atoms with Gasteiger partial charge >= 0.3 is 0 Å². The van der Waals surface area contributed by atoms with Gasteiger partial charge in [-0.1, -0.05) is 35.9 Å². The van der Waals surface area contributed by atoms with Crippen molar-refractivity contribution in [3.05, 3.63) is 70.9 Å². The van der Waals surface area contributed by atoms with E-state index in [1.807, 2.05) is 42.7 Å². The summed E-state index contributed by atoms with van der Waals surface area (Å²) in [4.78, 5) is 13.3. The van der Waals surface area contributed by atoms with E-state index in [9.17, 15) is 4.79 Å². The number of hydrogen-bond acceptors (Lipinski definition) is 4. The number of hydrazone groups is 1. The fourth-order valence-corrected chi connectivity index (χ4v) is 2.66. The largest absolute Gasteiger partial charge is 0.289 e. The van der Waals surface area contributed by atoms with E-state index in [2.05, 4.69) is 20.7 Å². The summed E-state index contributed by atoms with van der Waals surface area (Å²) in [6.07, 6.45) is 3.62. The van der Waals surface area contributed by atoms with Crippen LogP contribution in [0.4, 0.5) is 0 Å². The number of rotatable bonds is 5. The Bertz CT molecular complexity index is 888. The van der Waals surface area contributed by atoms with Gasteiger partial charge in [0.25, 0.3) is 5.91 Å². The van der Waals surface area contributed by atoms with Crippen molar-refractivity contribution >= 4 is 35.5 Å². The standard InChI is InChI=1S/C18H15ClN4OS/c1-25-15-8-2-12(3-9-15)11-20-23-18(24)17-10-16(21-22-17)13-4-6-14(19)7-5-13/h2-11H,1H3,(H,21,22)(H,23,24)/b20-11-. The van der Waals surface area contributed by atoms with E-state index < -0.39 is 0 Å². The first-order valence-electron chi connectivity index (χ1n) is 7.44. The number of aromatic nitrogens is 2. The van der Waals surface area contributed by atoms with Crippen LogP contribution in [0.5, 0.6) is 0 Å². The molecule has 0 fully saturated rings. The Morgan fingerprint density at radius 3 is 2.60 bits per heavy atom. The van der Waals surface area contributed by atoms with Crippen molar-refractivity contribution in [3.63, 3.8) is 0 Å². The molecule has 1 aromatic heterocycles. The van der Waals surface area contributed by atoms with Gasteiger partial charge in [-0.25, -0.2) is 5.43 Å². The highest BCUT2D eigenvalue weighted by Gasteiger charge is 2.10. The van der Waals surface area contributed by atoms with E-state index in [4.69, 9.17) is 11.6 Å². The lowest BCUT2D eigenvalue weighted by molar-refractivity contribution is 0.0950. The van der Waals surface area contributed by atoms with Crippen molar-refractivity contribution in [2.45, 2.75) is 4.90 Å². The van der Waals surface area contributed by atoms with Gasteiger partial charge in [-0.05, 0) is 42.2 Å². The van der Waals surface area contributed by atoms with E-state index in [0.717, 1.165) is 11.1 Å². The van der Waals surface area contributed by atoms with Gasteiger partial charge < -0.3 is 0 Å². The van der Waals surface area contributed by atoms with Crippen molar-refractivity contribution in [1.29, 1.82) is 0 Å². The summed E-state index contributed by atoms with van der Waals surface area (Å²) in [6.45, 7) is 0. The minimum Gasteiger partial charge on any atom is -0.272 e. The van der Waals surface area contributed by atoms with Crippen LogP contribution in [0.15, 0.2) is 64.6 Å². The van der Waals surface area contributed by atoms with Gasteiger partial charge in [-0.15, -0.1) is 11.8 Å². The molecule has 1 heterocycles. The number of carbonyl (C=O) groups excluding carboxylic acids is 1. The number of carbonyl (C=O) groups is 1. The first-order valence-corrected chi connectivity index (χ1v) is 9.05. The highest BCUT2D eigenvalue weighted by Crippen LogP contribution is 2.20. The average Bonchev–Trinajstić information content (AvgIpc) is 3.13. The first-order chi connectivity index (χ1) is 12.2. The van der Waals surface area contributed by atoms with Gasteiger partial charge in [-0.2, -0.15) is 10.2 Å². The van der Waals surface area contributed by atoms with Crippen LogP contribution in [0.1, 0.15) is 16.1 Å². The van der Waals surface area contributed by atoms with Gasteiger partial charge in [-0.3, -0.25) is 9.89 Å². The normalized spacial score (nSPS) is 11.0. The summed E-state index contributed by atoms with van der Waals surface area (Å²) in [6, 6.07) is 16.8. The van der Waals surface area contributed by atoms with Crippen molar-refractivity contribution in [2.75, 3.05) is 6.26 Å². The minimum absolute atomic E-state index is 0.333. The lowest BCUT2D eigenvalue weighted by Crippen LogP contribution is -2.17. The fraction of sp³-hybridized carbons (Fsp3) is 0.0556. The van der Waals surface area contributed by atoms with Crippen LogP contribution < -0.4 is 5.43 Å².